The van der Waals surface area contributed by atoms with Crippen LogP contribution in [0.5, 0.6) is 0 Å². The van der Waals surface area contributed by atoms with Crippen molar-refractivity contribution in [1.82, 2.24) is 15.0 Å². The van der Waals surface area contributed by atoms with E-state index in [-0.39, 0.29) is 17.6 Å². The number of nitro groups is 1. The highest BCUT2D eigenvalue weighted by Crippen LogP contribution is 2.24. The number of rotatable bonds is 7. The van der Waals surface area contributed by atoms with E-state index in [1.165, 1.54) is 31.2 Å². The number of halogens is 2. The summed E-state index contributed by atoms with van der Waals surface area (Å²) < 4.78 is 0. The second kappa shape index (κ2) is 11.1. The standard InChI is InChI=1S/C22H22Cl2N8O2/c23-18-6-5-7-19(24)17(18)14-25-30-21-27-20(26-15-8-10-16(11-9-15)32(33)34)28-22(29-21)31-12-3-1-2-4-13-31/h5-11,14H,1-4,12-13H2,(H2,26,27,28,29,30)/b25-14-. The molecule has 4 rings (SSSR count). The van der Waals surface area contributed by atoms with E-state index in [0.29, 0.717) is 27.2 Å². The molecule has 0 radical (unpaired) electrons. The van der Waals surface area contributed by atoms with Crippen molar-refractivity contribution >= 4 is 58.6 Å². The largest absolute Gasteiger partial charge is 0.341 e. The smallest absolute Gasteiger partial charge is 0.269 e. The maximum absolute atomic E-state index is 10.9. The third-order valence-electron chi connectivity index (χ3n) is 5.20. The minimum absolute atomic E-state index is 0.00128. The Bertz CT molecular complexity index is 1160. The van der Waals surface area contributed by atoms with Crippen LogP contribution in [0.3, 0.4) is 0 Å². The van der Waals surface area contributed by atoms with Gasteiger partial charge >= 0.3 is 0 Å². The lowest BCUT2D eigenvalue weighted by molar-refractivity contribution is -0.384. The lowest BCUT2D eigenvalue weighted by Crippen LogP contribution is -2.26. The molecule has 1 aromatic heterocycles. The Balaban J connectivity index is 1.59. The predicted molar refractivity (Wildman–Crippen MR) is 135 cm³/mol. The summed E-state index contributed by atoms with van der Waals surface area (Å²) in [6.07, 6.45) is 5.96. The molecule has 1 aliphatic heterocycles. The van der Waals surface area contributed by atoms with E-state index in [9.17, 15) is 10.1 Å². The van der Waals surface area contributed by atoms with Gasteiger partial charge in [-0.3, -0.25) is 10.1 Å². The maximum Gasteiger partial charge on any atom is 0.269 e. The molecule has 0 bridgehead atoms. The van der Waals surface area contributed by atoms with Gasteiger partial charge in [0.05, 0.1) is 21.2 Å². The second-order valence-electron chi connectivity index (χ2n) is 7.62. The molecule has 176 valence electrons. The molecule has 1 saturated heterocycles. The molecule has 34 heavy (non-hydrogen) atoms. The van der Waals surface area contributed by atoms with Gasteiger partial charge in [-0.15, -0.1) is 0 Å². The first-order valence-corrected chi connectivity index (χ1v) is 11.5. The Morgan fingerprint density at radius 2 is 1.59 bits per heavy atom. The molecule has 2 N–H and O–H groups in total. The first-order chi connectivity index (χ1) is 16.5. The highest BCUT2D eigenvalue weighted by Gasteiger charge is 2.16. The number of hydrazone groups is 1. The molecule has 1 fully saturated rings. The second-order valence-corrected chi connectivity index (χ2v) is 8.43. The zero-order valence-electron chi connectivity index (χ0n) is 18.1. The average molecular weight is 501 g/mol. The lowest BCUT2D eigenvalue weighted by Gasteiger charge is -2.21. The van der Waals surface area contributed by atoms with Crippen LogP contribution in [0.4, 0.5) is 29.2 Å². The zero-order chi connectivity index (χ0) is 23.9. The summed E-state index contributed by atoms with van der Waals surface area (Å²) in [6, 6.07) is 11.2. The molecule has 0 saturated carbocycles. The summed E-state index contributed by atoms with van der Waals surface area (Å²) in [6.45, 7) is 1.69. The maximum atomic E-state index is 10.9. The van der Waals surface area contributed by atoms with Crippen molar-refractivity contribution in [2.24, 2.45) is 5.10 Å². The molecular formula is C22H22Cl2N8O2. The molecule has 0 aliphatic carbocycles. The van der Waals surface area contributed by atoms with Gasteiger partial charge in [-0.25, -0.2) is 5.43 Å². The fourth-order valence-corrected chi connectivity index (χ4v) is 3.96. The van der Waals surface area contributed by atoms with Gasteiger partial charge < -0.3 is 10.2 Å². The normalized spacial score (nSPS) is 14.1. The average Bonchev–Trinajstić information content (AvgIpc) is 3.11. The Kier molecular flexibility index (Phi) is 7.71. The highest BCUT2D eigenvalue weighted by molar-refractivity contribution is 6.38. The van der Waals surface area contributed by atoms with Gasteiger partial charge in [-0.1, -0.05) is 42.1 Å². The van der Waals surface area contributed by atoms with Crippen LogP contribution in [-0.4, -0.2) is 39.2 Å². The molecule has 1 aliphatic rings. The van der Waals surface area contributed by atoms with Gasteiger partial charge in [0, 0.05) is 36.5 Å². The highest BCUT2D eigenvalue weighted by atomic mass is 35.5. The summed E-state index contributed by atoms with van der Waals surface area (Å²) >= 11 is 12.4. The number of nitrogens with one attached hydrogen (secondary N) is 2. The van der Waals surface area contributed by atoms with E-state index in [0.717, 1.165) is 25.9 Å². The molecule has 2 aromatic carbocycles. The quantitative estimate of drug-likeness (QED) is 0.242. The van der Waals surface area contributed by atoms with Crippen molar-refractivity contribution in [2.45, 2.75) is 25.7 Å². The number of nitrogens with zero attached hydrogens (tertiary/aromatic N) is 6. The first-order valence-electron chi connectivity index (χ1n) is 10.8. The number of anilines is 4. The number of aromatic nitrogens is 3. The minimum atomic E-state index is -0.449. The molecule has 0 amide bonds. The summed E-state index contributed by atoms with van der Waals surface area (Å²) in [7, 11) is 0. The van der Waals surface area contributed by atoms with Gasteiger partial charge in [0.1, 0.15) is 0 Å². The fourth-order valence-electron chi connectivity index (χ4n) is 3.47. The van der Waals surface area contributed by atoms with E-state index >= 15 is 0 Å². The number of hydrogen-bond acceptors (Lipinski definition) is 9. The number of nitro benzene ring substituents is 1. The summed E-state index contributed by atoms with van der Waals surface area (Å²) in [5.41, 5.74) is 4.01. The van der Waals surface area contributed by atoms with Crippen LogP contribution in [0.2, 0.25) is 10.0 Å². The third-order valence-corrected chi connectivity index (χ3v) is 5.86. The topological polar surface area (TPSA) is 121 Å². The number of hydrogen-bond donors (Lipinski definition) is 2. The Morgan fingerprint density at radius 1 is 0.941 bits per heavy atom. The van der Waals surface area contributed by atoms with Gasteiger partial charge in [0.25, 0.3) is 5.69 Å². The number of non-ortho nitro benzene ring substituents is 1. The molecule has 0 atom stereocenters. The van der Waals surface area contributed by atoms with Crippen molar-refractivity contribution in [3.05, 3.63) is 68.2 Å². The summed E-state index contributed by atoms with van der Waals surface area (Å²) in [4.78, 5) is 26.1. The monoisotopic (exact) mass is 500 g/mol. The predicted octanol–water partition coefficient (Wildman–Crippen LogP) is 5.66. The van der Waals surface area contributed by atoms with Crippen LogP contribution in [0.1, 0.15) is 31.2 Å². The van der Waals surface area contributed by atoms with E-state index in [4.69, 9.17) is 23.2 Å². The molecule has 0 spiro atoms. The van der Waals surface area contributed by atoms with E-state index < -0.39 is 4.92 Å². The summed E-state index contributed by atoms with van der Waals surface area (Å²) in [5, 5.41) is 19.1. The van der Waals surface area contributed by atoms with Gasteiger partial charge in [-0.05, 0) is 37.1 Å². The zero-order valence-corrected chi connectivity index (χ0v) is 19.6. The summed E-state index contributed by atoms with van der Waals surface area (Å²) in [5.74, 6) is 1.05. The molecule has 3 aromatic rings. The molecule has 2 heterocycles. The van der Waals surface area contributed by atoms with Crippen LogP contribution in [-0.2, 0) is 0 Å². The van der Waals surface area contributed by atoms with Crippen molar-refractivity contribution in [1.29, 1.82) is 0 Å². The van der Waals surface area contributed by atoms with Crippen LogP contribution in [0, 0.1) is 10.1 Å². The van der Waals surface area contributed by atoms with Crippen LogP contribution < -0.4 is 15.6 Å². The SMILES string of the molecule is O=[N+]([O-])c1ccc(Nc2nc(N/N=C\c3c(Cl)cccc3Cl)nc(N3CCCCCC3)n2)cc1. The Morgan fingerprint density at radius 3 is 2.24 bits per heavy atom. The van der Waals surface area contributed by atoms with Crippen molar-refractivity contribution < 1.29 is 4.92 Å². The van der Waals surface area contributed by atoms with E-state index in [2.05, 4.69) is 35.7 Å². The van der Waals surface area contributed by atoms with Crippen LogP contribution in [0.25, 0.3) is 0 Å². The van der Waals surface area contributed by atoms with Crippen molar-refractivity contribution in [3.8, 4) is 0 Å². The van der Waals surface area contributed by atoms with Crippen LogP contribution in [0.15, 0.2) is 47.6 Å². The third kappa shape index (κ3) is 6.09. The van der Waals surface area contributed by atoms with E-state index in [1.54, 1.807) is 30.3 Å². The van der Waals surface area contributed by atoms with Gasteiger partial charge in [0.2, 0.25) is 17.8 Å². The Labute approximate surface area is 206 Å². The van der Waals surface area contributed by atoms with E-state index in [1.807, 2.05) is 0 Å². The van der Waals surface area contributed by atoms with Crippen molar-refractivity contribution in [3.63, 3.8) is 0 Å². The first kappa shape index (κ1) is 23.7. The van der Waals surface area contributed by atoms with Crippen LogP contribution >= 0.6 is 23.2 Å². The van der Waals surface area contributed by atoms with Gasteiger partial charge in [0.15, 0.2) is 0 Å². The van der Waals surface area contributed by atoms with Crippen molar-refractivity contribution in [2.75, 3.05) is 28.7 Å². The molecule has 12 heteroatoms. The molecule has 0 unspecified atom stereocenters. The minimum Gasteiger partial charge on any atom is -0.341 e. The number of benzene rings is 2. The Hall–Kier alpha value is -3.50. The lowest BCUT2D eigenvalue weighted by atomic mass is 10.2. The fraction of sp³-hybridized carbons (Fsp3) is 0.273. The molecule has 10 nitrogen and oxygen atoms in total. The van der Waals surface area contributed by atoms with Gasteiger partial charge in [-0.2, -0.15) is 20.1 Å². The molecular weight excluding hydrogens is 479 g/mol.